The molecule has 0 spiro atoms. The van der Waals surface area contributed by atoms with Crippen LogP contribution in [0.5, 0.6) is 0 Å². The second-order valence-corrected chi connectivity index (χ2v) is 9.67. The molecule has 2 aliphatic rings. The third-order valence-corrected chi connectivity index (χ3v) is 7.28. The molecule has 5 rings (SSSR count). The zero-order valence-corrected chi connectivity index (χ0v) is 19.2. The van der Waals surface area contributed by atoms with Gasteiger partial charge in [-0.1, -0.05) is 36.4 Å². The van der Waals surface area contributed by atoms with E-state index in [0.29, 0.717) is 6.42 Å². The van der Waals surface area contributed by atoms with E-state index in [1.54, 1.807) is 12.1 Å². The minimum atomic E-state index is -0.245. The van der Waals surface area contributed by atoms with Crippen LogP contribution in [0.3, 0.4) is 0 Å². The number of likely N-dealkylation sites (N-methyl/N-ethyl adjacent to an activating group) is 1. The molecule has 0 saturated carbocycles. The first-order valence-electron chi connectivity index (χ1n) is 11.6. The third kappa shape index (κ3) is 4.38. The molecule has 1 amide bonds. The second-order valence-electron chi connectivity index (χ2n) is 9.67. The molecule has 2 atom stereocenters. The number of carbonyl (C=O) groups excluding carboxylic acids is 1. The van der Waals surface area contributed by atoms with Crippen molar-refractivity contribution in [3.63, 3.8) is 0 Å². The van der Waals surface area contributed by atoms with Gasteiger partial charge in [0.1, 0.15) is 5.82 Å². The van der Waals surface area contributed by atoms with Crippen molar-refractivity contribution in [3.05, 3.63) is 84.2 Å². The van der Waals surface area contributed by atoms with Gasteiger partial charge in [-0.3, -0.25) is 4.79 Å². The van der Waals surface area contributed by atoms with Gasteiger partial charge in [0.15, 0.2) is 0 Å². The van der Waals surface area contributed by atoms with Crippen molar-refractivity contribution in [2.24, 2.45) is 5.92 Å². The van der Waals surface area contributed by atoms with Crippen molar-refractivity contribution in [3.8, 4) is 11.1 Å². The normalized spacial score (nSPS) is 22.4. The van der Waals surface area contributed by atoms with Crippen LogP contribution in [0.25, 0.3) is 11.1 Å². The van der Waals surface area contributed by atoms with E-state index in [0.717, 1.165) is 41.4 Å². The van der Waals surface area contributed by atoms with Crippen LogP contribution >= 0.6 is 0 Å². The fourth-order valence-corrected chi connectivity index (χ4v) is 5.56. The lowest BCUT2D eigenvalue weighted by Gasteiger charge is -2.37. The number of hydrogen-bond donors (Lipinski definition) is 1. The Labute approximate surface area is 195 Å². The highest BCUT2D eigenvalue weighted by Gasteiger charge is 2.50. The Morgan fingerprint density at radius 1 is 1.00 bits per heavy atom. The standard InChI is InChI=1S/C28H30FN3O/c1-28-19-31(2)18-23(28)15-16-32(28)26-13-11-25(12-14-26)30-27(33)17-20-3-5-21(6-4-20)22-7-9-24(29)10-8-22/h3-14,23H,15-19H2,1-2H3,(H,30,33)/t23-,28-/m1/s1. The van der Waals surface area contributed by atoms with Crippen molar-refractivity contribution >= 4 is 17.3 Å². The van der Waals surface area contributed by atoms with E-state index in [9.17, 15) is 9.18 Å². The molecule has 170 valence electrons. The van der Waals surface area contributed by atoms with E-state index in [1.807, 2.05) is 36.4 Å². The van der Waals surface area contributed by atoms with Gasteiger partial charge in [-0.05, 0) is 79.4 Å². The Balaban J connectivity index is 1.20. The minimum Gasteiger partial charge on any atom is -0.364 e. The molecule has 4 nitrogen and oxygen atoms in total. The van der Waals surface area contributed by atoms with Crippen LogP contribution in [0, 0.1) is 11.7 Å². The summed E-state index contributed by atoms with van der Waals surface area (Å²) in [4.78, 5) is 17.5. The lowest BCUT2D eigenvalue weighted by Crippen LogP contribution is -2.46. The van der Waals surface area contributed by atoms with Crippen molar-refractivity contribution in [2.45, 2.75) is 25.3 Å². The van der Waals surface area contributed by atoms with Gasteiger partial charge >= 0.3 is 0 Å². The fourth-order valence-electron chi connectivity index (χ4n) is 5.56. The highest BCUT2D eigenvalue weighted by Crippen LogP contribution is 2.43. The van der Waals surface area contributed by atoms with E-state index in [4.69, 9.17) is 0 Å². The maximum absolute atomic E-state index is 13.1. The number of amides is 1. The summed E-state index contributed by atoms with van der Waals surface area (Å²) < 4.78 is 13.1. The summed E-state index contributed by atoms with van der Waals surface area (Å²) in [6.07, 6.45) is 1.54. The molecular formula is C28H30FN3O. The number of benzene rings is 3. The molecular weight excluding hydrogens is 413 g/mol. The number of anilines is 2. The van der Waals surface area contributed by atoms with Crippen LogP contribution in [-0.2, 0) is 11.2 Å². The van der Waals surface area contributed by atoms with Crippen LogP contribution in [-0.4, -0.2) is 43.0 Å². The minimum absolute atomic E-state index is 0.0390. The fraction of sp³-hybridized carbons (Fsp3) is 0.321. The lowest BCUT2D eigenvalue weighted by molar-refractivity contribution is -0.115. The van der Waals surface area contributed by atoms with Crippen LogP contribution in [0.1, 0.15) is 18.9 Å². The van der Waals surface area contributed by atoms with E-state index in [1.165, 1.54) is 30.8 Å². The van der Waals surface area contributed by atoms with Crippen molar-refractivity contribution < 1.29 is 9.18 Å². The lowest BCUT2D eigenvalue weighted by atomic mass is 9.90. The summed E-state index contributed by atoms with van der Waals surface area (Å²) in [7, 11) is 2.21. The molecule has 0 aromatic heterocycles. The molecule has 3 aromatic carbocycles. The number of nitrogens with one attached hydrogen (secondary N) is 1. The Morgan fingerprint density at radius 2 is 1.64 bits per heavy atom. The Morgan fingerprint density at radius 3 is 2.30 bits per heavy atom. The summed E-state index contributed by atoms with van der Waals surface area (Å²) >= 11 is 0. The average molecular weight is 444 g/mol. The molecule has 2 fully saturated rings. The predicted octanol–water partition coefficient (Wildman–Crippen LogP) is 5.20. The first-order chi connectivity index (χ1) is 15.9. The number of likely N-dealkylation sites (tertiary alicyclic amines) is 1. The topological polar surface area (TPSA) is 35.6 Å². The highest BCUT2D eigenvalue weighted by atomic mass is 19.1. The molecule has 0 aliphatic carbocycles. The first-order valence-corrected chi connectivity index (χ1v) is 11.6. The van der Waals surface area contributed by atoms with Crippen LogP contribution in [0.4, 0.5) is 15.8 Å². The Kier molecular flexibility index (Phi) is 5.67. The van der Waals surface area contributed by atoms with E-state index < -0.39 is 0 Å². The van der Waals surface area contributed by atoms with Gasteiger partial charge in [0.2, 0.25) is 5.91 Å². The SMILES string of the molecule is CN1C[C@H]2CCN(c3ccc(NC(=O)Cc4ccc(-c5ccc(F)cc5)cc4)cc3)[C@]2(C)C1. The molecule has 33 heavy (non-hydrogen) atoms. The zero-order valence-electron chi connectivity index (χ0n) is 19.2. The number of nitrogens with zero attached hydrogens (tertiary/aromatic N) is 2. The highest BCUT2D eigenvalue weighted by molar-refractivity contribution is 5.92. The summed E-state index contributed by atoms with van der Waals surface area (Å²) in [5.74, 6) is 0.435. The summed E-state index contributed by atoms with van der Waals surface area (Å²) in [6, 6.07) is 22.5. The van der Waals surface area contributed by atoms with Crippen molar-refractivity contribution in [1.82, 2.24) is 4.90 Å². The maximum atomic E-state index is 13.1. The van der Waals surface area contributed by atoms with Gasteiger partial charge in [0.05, 0.1) is 12.0 Å². The molecule has 2 saturated heterocycles. The number of rotatable bonds is 5. The van der Waals surface area contributed by atoms with Gasteiger partial charge in [0.25, 0.3) is 0 Å². The molecule has 1 N–H and O–H groups in total. The summed E-state index contributed by atoms with van der Waals surface area (Å²) in [5.41, 5.74) is 5.13. The van der Waals surface area contributed by atoms with Crippen molar-refractivity contribution in [1.29, 1.82) is 0 Å². The Hall–Kier alpha value is -3.18. The predicted molar refractivity (Wildman–Crippen MR) is 132 cm³/mol. The van der Waals surface area contributed by atoms with Gasteiger partial charge in [-0.25, -0.2) is 4.39 Å². The van der Waals surface area contributed by atoms with Gasteiger partial charge in [-0.15, -0.1) is 0 Å². The maximum Gasteiger partial charge on any atom is 0.228 e. The largest absolute Gasteiger partial charge is 0.364 e. The third-order valence-electron chi connectivity index (χ3n) is 7.28. The smallest absolute Gasteiger partial charge is 0.228 e. The second kappa shape index (κ2) is 8.64. The van der Waals surface area contributed by atoms with Crippen LogP contribution < -0.4 is 10.2 Å². The zero-order chi connectivity index (χ0) is 23.0. The molecule has 2 aliphatic heterocycles. The van der Waals surface area contributed by atoms with Gasteiger partial charge in [-0.2, -0.15) is 0 Å². The Bertz CT molecular complexity index is 1130. The molecule has 3 aromatic rings. The molecule has 0 radical (unpaired) electrons. The molecule has 0 unspecified atom stereocenters. The van der Waals surface area contributed by atoms with Crippen molar-refractivity contribution in [2.75, 3.05) is 36.9 Å². The number of fused-ring (bicyclic) bond motifs is 1. The van der Waals surface area contributed by atoms with Gasteiger partial charge in [0, 0.05) is 31.0 Å². The summed E-state index contributed by atoms with van der Waals surface area (Å²) in [6.45, 7) is 5.74. The molecule has 2 heterocycles. The first kappa shape index (κ1) is 21.7. The molecule has 0 bridgehead atoms. The van der Waals surface area contributed by atoms with E-state index >= 15 is 0 Å². The number of halogens is 1. The summed E-state index contributed by atoms with van der Waals surface area (Å²) in [5, 5.41) is 3.02. The van der Waals surface area contributed by atoms with Crippen LogP contribution in [0.15, 0.2) is 72.8 Å². The van der Waals surface area contributed by atoms with E-state index in [-0.39, 0.29) is 17.3 Å². The molecule has 5 heteroatoms. The monoisotopic (exact) mass is 443 g/mol. The van der Waals surface area contributed by atoms with Gasteiger partial charge < -0.3 is 15.1 Å². The average Bonchev–Trinajstić information content (AvgIpc) is 3.26. The quantitative estimate of drug-likeness (QED) is 0.588. The number of carbonyl (C=O) groups is 1. The number of hydrogen-bond acceptors (Lipinski definition) is 3. The van der Waals surface area contributed by atoms with E-state index in [2.05, 4.69) is 41.2 Å². The van der Waals surface area contributed by atoms with Crippen LogP contribution in [0.2, 0.25) is 0 Å².